The van der Waals surface area contributed by atoms with Gasteiger partial charge in [0.05, 0.1) is 17.7 Å². The lowest BCUT2D eigenvalue weighted by Crippen LogP contribution is -2.18. The molecule has 90 valence electrons. The minimum Gasteiger partial charge on any atom is -0.339 e. The number of halogens is 1. The van der Waals surface area contributed by atoms with Crippen LogP contribution in [0.4, 0.5) is 5.95 Å². The summed E-state index contributed by atoms with van der Waals surface area (Å²) in [7, 11) is 1.99. The quantitative estimate of drug-likeness (QED) is 0.814. The third-order valence-electron chi connectivity index (χ3n) is 2.41. The fraction of sp³-hybridized carbons (Fsp3) is 0.364. The van der Waals surface area contributed by atoms with Gasteiger partial charge in [-0.2, -0.15) is 0 Å². The smallest absolute Gasteiger partial charge is 0.225 e. The lowest BCUT2D eigenvalue weighted by molar-refractivity contribution is 0.866. The van der Waals surface area contributed by atoms with Crippen molar-refractivity contribution in [1.29, 1.82) is 0 Å². The molecular weight excluding hydrogens is 300 g/mol. The van der Waals surface area contributed by atoms with Crippen LogP contribution in [-0.4, -0.2) is 22.0 Å². The number of nitrogens with zero attached hydrogens (tertiary/aromatic N) is 4. The Morgan fingerprint density at radius 3 is 2.53 bits per heavy atom. The van der Waals surface area contributed by atoms with Crippen LogP contribution < -0.4 is 4.90 Å². The molecule has 0 N–H and O–H groups in total. The van der Waals surface area contributed by atoms with Crippen LogP contribution in [0.25, 0.3) is 0 Å². The zero-order chi connectivity index (χ0) is 12.3. The summed E-state index contributed by atoms with van der Waals surface area (Å²) in [6.45, 7) is 2.82. The molecule has 0 saturated heterocycles. The van der Waals surface area contributed by atoms with Crippen LogP contribution in [0, 0.1) is 6.92 Å². The maximum Gasteiger partial charge on any atom is 0.225 e. The first kappa shape index (κ1) is 12.4. The fourth-order valence-electron chi connectivity index (χ4n) is 1.38. The summed E-state index contributed by atoms with van der Waals surface area (Å²) in [5.41, 5.74) is 4.03. The van der Waals surface area contributed by atoms with Gasteiger partial charge in [0.1, 0.15) is 0 Å². The minimum absolute atomic E-state index is 0.738. The van der Waals surface area contributed by atoms with Gasteiger partial charge in [0.25, 0.3) is 0 Å². The second-order valence-corrected chi connectivity index (χ2v) is 5.24. The minimum atomic E-state index is 0.738. The van der Waals surface area contributed by atoms with Crippen molar-refractivity contribution in [3.05, 3.63) is 34.0 Å². The van der Waals surface area contributed by atoms with Crippen LogP contribution in [0.15, 0.2) is 17.9 Å². The van der Waals surface area contributed by atoms with Crippen LogP contribution in [-0.2, 0) is 11.9 Å². The van der Waals surface area contributed by atoms with E-state index in [1.165, 1.54) is 4.88 Å². The Morgan fingerprint density at radius 1 is 1.29 bits per heavy atom. The third kappa shape index (κ3) is 3.01. The van der Waals surface area contributed by atoms with Gasteiger partial charge in [-0.3, -0.25) is 0 Å². The largest absolute Gasteiger partial charge is 0.339 e. The van der Waals surface area contributed by atoms with E-state index in [4.69, 9.17) is 0 Å². The van der Waals surface area contributed by atoms with Crippen molar-refractivity contribution in [2.45, 2.75) is 18.8 Å². The number of alkyl halides is 1. The monoisotopic (exact) mass is 312 g/mol. The highest BCUT2D eigenvalue weighted by Crippen LogP contribution is 2.17. The summed E-state index contributed by atoms with van der Waals surface area (Å²) in [6.07, 6.45) is 3.68. The van der Waals surface area contributed by atoms with Gasteiger partial charge in [-0.25, -0.2) is 15.0 Å². The van der Waals surface area contributed by atoms with Crippen molar-refractivity contribution in [2.75, 3.05) is 11.9 Å². The molecule has 0 aliphatic rings. The molecular formula is C11H13BrN4S. The van der Waals surface area contributed by atoms with E-state index in [1.807, 2.05) is 36.8 Å². The maximum atomic E-state index is 4.33. The van der Waals surface area contributed by atoms with Gasteiger partial charge in [0.15, 0.2) is 0 Å². The number of hydrogen-bond acceptors (Lipinski definition) is 5. The molecule has 4 nitrogen and oxygen atoms in total. The van der Waals surface area contributed by atoms with E-state index in [0.29, 0.717) is 0 Å². The highest BCUT2D eigenvalue weighted by Gasteiger charge is 2.08. The normalized spacial score (nSPS) is 10.5. The van der Waals surface area contributed by atoms with Gasteiger partial charge in [0, 0.05) is 29.6 Å². The van der Waals surface area contributed by atoms with Crippen molar-refractivity contribution >= 4 is 33.2 Å². The molecule has 2 aromatic heterocycles. The molecule has 0 spiro atoms. The van der Waals surface area contributed by atoms with E-state index in [9.17, 15) is 0 Å². The average Bonchev–Trinajstić information content (AvgIpc) is 2.75. The van der Waals surface area contributed by atoms with Crippen LogP contribution in [0.5, 0.6) is 0 Å². The fourth-order valence-corrected chi connectivity index (χ4v) is 2.50. The zero-order valence-corrected chi connectivity index (χ0v) is 12.1. The van der Waals surface area contributed by atoms with Gasteiger partial charge < -0.3 is 4.90 Å². The number of thiazole rings is 1. The van der Waals surface area contributed by atoms with Gasteiger partial charge in [-0.05, 0) is 12.5 Å². The molecule has 0 bridgehead atoms. The Morgan fingerprint density at radius 2 is 2.00 bits per heavy atom. The van der Waals surface area contributed by atoms with Crippen LogP contribution in [0.1, 0.15) is 16.1 Å². The molecule has 0 aromatic carbocycles. The highest BCUT2D eigenvalue weighted by molar-refractivity contribution is 9.08. The van der Waals surface area contributed by atoms with Crippen LogP contribution >= 0.6 is 27.3 Å². The summed E-state index contributed by atoms with van der Waals surface area (Å²) in [5, 5.41) is 0.783. The predicted molar refractivity (Wildman–Crippen MR) is 73.6 cm³/mol. The van der Waals surface area contributed by atoms with E-state index in [-0.39, 0.29) is 0 Å². The topological polar surface area (TPSA) is 41.9 Å². The van der Waals surface area contributed by atoms with E-state index < -0.39 is 0 Å². The van der Waals surface area contributed by atoms with Crippen molar-refractivity contribution in [3.63, 3.8) is 0 Å². The molecule has 0 radical (unpaired) electrons. The molecule has 0 amide bonds. The Balaban J connectivity index is 2.09. The first-order valence-electron chi connectivity index (χ1n) is 5.17. The molecule has 0 saturated carbocycles. The van der Waals surface area contributed by atoms with Crippen molar-refractivity contribution in [3.8, 4) is 0 Å². The Bertz CT molecular complexity index is 482. The molecule has 0 aliphatic heterocycles. The zero-order valence-electron chi connectivity index (χ0n) is 9.72. The van der Waals surface area contributed by atoms with E-state index in [1.54, 1.807) is 11.3 Å². The Labute approximate surface area is 113 Å². The van der Waals surface area contributed by atoms with Gasteiger partial charge in [0.2, 0.25) is 5.95 Å². The summed E-state index contributed by atoms with van der Waals surface area (Å²) in [5.74, 6) is 0.738. The number of aryl methyl sites for hydroxylation is 1. The van der Waals surface area contributed by atoms with Crippen LogP contribution in [0.2, 0.25) is 0 Å². The molecule has 0 aliphatic carbocycles. The van der Waals surface area contributed by atoms with Gasteiger partial charge >= 0.3 is 0 Å². The second kappa shape index (κ2) is 5.55. The van der Waals surface area contributed by atoms with E-state index >= 15 is 0 Å². The predicted octanol–water partition coefficient (Wildman–Crippen LogP) is 2.77. The summed E-state index contributed by atoms with van der Waals surface area (Å²) in [6, 6.07) is 0. The number of anilines is 1. The maximum absolute atomic E-state index is 4.33. The Kier molecular flexibility index (Phi) is 4.06. The van der Waals surface area contributed by atoms with Crippen molar-refractivity contribution in [1.82, 2.24) is 15.0 Å². The average molecular weight is 313 g/mol. The van der Waals surface area contributed by atoms with Crippen molar-refractivity contribution in [2.24, 2.45) is 0 Å². The molecule has 2 aromatic rings. The summed E-state index contributed by atoms with van der Waals surface area (Å²) >= 11 is 5.04. The lowest BCUT2D eigenvalue weighted by Gasteiger charge is -2.16. The Hall–Kier alpha value is -1.01. The van der Waals surface area contributed by atoms with Crippen LogP contribution in [0.3, 0.4) is 0 Å². The van der Waals surface area contributed by atoms with E-state index in [2.05, 4.69) is 30.9 Å². The van der Waals surface area contributed by atoms with Gasteiger partial charge in [-0.1, -0.05) is 15.9 Å². The lowest BCUT2D eigenvalue weighted by atomic mass is 10.4. The molecule has 0 fully saturated rings. The second-order valence-electron chi connectivity index (χ2n) is 3.74. The van der Waals surface area contributed by atoms with Crippen molar-refractivity contribution < 1.29 is 0 Å². The number of hydrogen-bond donors (Lipinski definition) is 0. The third-order valence-corrected chi connectivity index (χ3v) is 3.98. The standard InChI is InChI=1S/C11H13BrN4S/c1-8-10(17-7-15-8)6-16(2)11-13-4-9(3-12)5-14-11/h4-5,7H,3,6H2,1-2H3. The molecule has 0 atom stereocenters. The first-order chi connectivity index (χ1) is 8.20. The number of rotatable bonds is 4. The van der Waals surface area contributed by atoms with E-state index in [0.717, 1.165) is 29.1 Å². The molecule has 2 rings (SSSR count). The first-order valence-corrected chi connectivity index (χ1v) is 7.18. The highest BCUT2D eigenvalue weighted by atomic mass is 79.9. The molecule has 0 unspecified atom stereocenters. The molecule has 2 heterocycles. The SMILES string of the molecule is Cc1ncsc1CN(C)c1ncc(CBr)cn1. The summed E-state index contributed by atoms with van der Waals surface area (Å²) in [4.78, 5) is 16.2. The molecule has 6 heteroatoms. The van der Waals surface area contributed by atoms with Gasteiger partial charge in [-0.15, -0.1) is 11.3 Å². The molecule has 17 heavy (non-hydrogen) atoms. The number of aromatic nitrogens is 3. The summed E-state index contributed by atoms with van der Waals surface area (Å²) < 4.78 is 0.